The molecule has 0 aromatic carbocycles. The molecular weight excluding hydrogens is 266 g/mol. The fraction of sp³-hybridized carbons (Fsp3) is 0.846. The van der Waals surface area contributed by atoms with Crippen LogP contribution in [0.2, 0.25) is 0 Å². The van der Waals surface area contributed by atoms with Crippen molar-refractivity contribution in [2.24, 2.45) is 0 Å². The molecule has 0 radical (unpaired) electrons. The predicted molar refractivity (Wildman–Crippen MR) is 70.2 cm³/mol. The predicted octanol–water partition coefficient (Wildman–Crippen LogP) is 0.796. The highest BCUT2D eigenvalue weighted by atomic mass is 16.7. The molecule has 0 spiro atoms. The van der Waals surface area contributed by atoms with Gasteiger partial charge in [0.05, 0.1) is 6.61 Å². The van der Waals surface area contributed by atoms with Crippen molar-refractivity contribution in [2.75, 3.05) is 27.9 Å². The standard InChI is InChI=1S/C13H21NO6/c1-8-5-10-13(6-8,14(15)16)12(19-4)11(18-3)9(20-10)7-17-2/h9-12H,1,5-7H2,2-4H3/t9-,10-,11-,12+,13-/m1/s1. The second kappa shape index (κ2) is 5.77. The van der Waals surface area contributed by atoms with E-state index >= 15 is 0 Å². The molecule has 1 saturated carbocycles. The van der Waals surface area contributed by atoms with Crippen LogP contribution >= 0.6 is 0 Å². The molecule has 0 unspecified atom stereocenters. The lowest BCUT2D eigenvalue weighted by atomic mass is 9.81. The van der Waals surface area contributed by atoms with Crippen LogP contribution < -0.4 is 0 Å². The molecule has 5 atom stereocenters. The third-order valence-electron chi connectivity index (χ3n) is 4.26. The number of methoxy groups -OCH3 is 3. The first kappa shape index (κ1) is 15.4. The van der Waals surface area contributed by atoms with E-state index in [0.717, 1.165) is 5.57 Å². The van der Waals surface area contributed by atoms with Gasteiger partial charge in [-0.2, -0.15) is 0 Å². The van der Waals surface area contributed by atoms with Gasteiger partial charge in [-0.3, -0.25) is 10.1 Å². The Morgan fingerprint density at radius 1 is 1.45 bits per heavy atom. The van der Waals surface area contributed by atoms with Crippen LogP contribution in [-0.4, -0.2) is 62.8 Å². The highest BCUT2D eigenvalue weighted by Gasteiger charge is 2.68. The van der Waals surface area contributed by atoms with Crippen molar-refractivity contribution in [3.8, 4) is 0 Å². The molecule has 114 valence electrons. The molecule has 1 saturated heterocycles. The fourth-order valence-corrected chi connectivity index (χ4v) is 3.44. The summed E-state index contributed by atoms with van der Waals surface area (Å²) in [4.78, 5) is 11.4. The van der Waals surface area contributed by atoms with Crippen LogP contribution in [0.25, 0.3) is 0 Å². The largest absolute Gasteiger partial charge is 0.382 e. The Bertz CT molecular complexity index is 400. The minimum atomic E-state index is -1.32. The Hall–Kier alpha value is -1.02. The van der Waals surface area contributed by atoms with Crippen molar-refractivity contribution in [2.45, 2.75) is 42.8 Å². The smallest absolute Gasteiger partial charge is 0.279 e. The molecule has 1 aliphatic carbocycles. The van der Waals surface area contributed by atoms with Gasteiger partial charge in [-0.05, 0) is 0 Å². The highest BCUT2D eigenvalue weighted by Crippen LogP contribution is 2.47. The summed E-state index contributed by atoms with van der Waals surface area (Å²) < 4.78 is 21.9. The zero-order chi connectivity index (χ0) is 14.9. The average molecular weight is 287 g/mol. The van der Waals surface area contributed by atoms with Crippen LogP contribution in [0.15, 0.2) is 12.2 Å². The Balaban J connectivity index is 2.41. The van der Waals surface area contributed by atoms with Crippen molar-refractivity contribution >= 4 is 0 Å². The Morgan fingerprint density at radius 3 is 2.65 bits per heavy atom. The molecule has 0 aromatic heterocycles. The molecule has 1 aliphatic heterocycles. The average Bonchev–Trinajstić information content (AvgIpc) is 2.74. The van der Waals surface area contributed by atoms with Crippen molar-refractivity contribution < 1.29 is 23.9 Å². The van der Waals surface area contributed by atoms with E-state index in [1.54, 1.807) is 7.11 Å². The molecule has 20 heavy (non-hydrogen) atoms. The van der Waals surface area contributed by atoms with Crippen molar-refractivity contribution in [3.05, 3.63) is 22.3 Å². The SMILES string of the molecule is C=C1C[C@H]2O[C@H](COC)[C@@H](OC)[C@H](OC)[C@@]2([N+](=O)[O-])C1. The Labute approximate surface area is 118 Å². The number of nitrogens with zero attached hydrogens (tertiary/aromatic N) is 1. The van der Waals surface area contributed by atoms with Crippen molar-refractivity contribution in [1.82, 2.24) is 0 Å². The minimum absolute atomic E-state index is 0.253. The lowest BCUT2D eigenvalue weighted by molar-refractivity contribution is -0.604. The van der Waals surface area contributed by atoms with Crippen LogP contribution in [0, 0.1) is 10.1 Å². The van der Waals surface area contributed by atoms with E-state index in [2.05, 4.69) is 6.58 Å². The van der Waals surface area contributed by atoms with E-state index < -0.39 is 23.9 Å². The number of hydrogen-bond acceptors (Lipinski definition) is 6. The van der Waals surface area contributed by atoms with E-state index in [9.17, 15) is 10.1 Å². The molecular formula is C13H21NO6. The van der Waals surface area contributed by atoms with E-state index in [4.69, 9.17) is 18.9 Å². The monoisotopic (exact) mass is 287 g/mol. The van der Waals surface area contributed by atoms with Crippen LogP contribution in [0.1, 0.15) is 12.8 Å². The minimum Gasteiger partial charge on any atom is -0.382 e. The normalized spacial score (nSPS) is 40.6. The van der Waals surface area contributed by atoms with E-state index in [1.807, 2.05) is 0 Å². The summed E-state index contributed by atoms with van der Waals surface area (Å²) in [6, 6.07) is 0. The summed E-state index contributed by atoms with van der Waals surface area (Å²) in [7, 11) is 4.52. The van der Waals surface area contributed by atoms with Crippen molar-refractivity contribution in [1.29, 1.82) is 0 Å². The molecule has 0 N–H and O–H groups in total. The molecule has 0 amide bonds. The molecule has 0 bridgehead atoms. The van der Waals surface area contributed by atoms with Gasteiger partial charge in [-0.15, -0.1) is 0 Å². The molecule has 1 heterocycles. The van der Waals surface area contributed by atoms with Gasteiger partial charge < -0.3 is 18.9 Å². The maximum Gasteiger partial charge on any atom is 0.279 e. The van der Waals surface area contributed by atoms with Gasteiger partial charge in [-0.1, -0.05) is 12.2 Å². The third kappa shape index (κ3) is 2.14. The maximum atomic E-state index is 11.7. The van der Waals surface area contributed by atoms with Crippen molar-refractivity contribution in [3.63, 3.8) is 0 Å². The third-order valence-corrected chi connectivity index (χ3v) is 4.26. The number of fused-ring (bicyclic) bond motifs is 1. The zero-order valence-electron chi connectivity index (χ0n) is 12.0. The summed E-state index contributed by atoms with van der Waals surface area (Å²) in [5, 5.41) is 11.7. The van der Waals surface area contributed by atoms with Gasteiger partial charge in [0, 0.05) is 39.1 Å². The first-order valence-electron chi connectivity index (χ1n) is 6.52. The summed E-state index contributed by atoms with van der Waals surface area (Å²) in [6.07, 6.45) is -1.46. The second-order valence-electron chi connectivity index (χ2n) is 5.35. The maximum absolute atomic E-state index is 11.7. The molecule has 2 rings (SSSR count). The van der Waals surface area contributed by atoms with Crippen LogP contribution in [0.5, 0.6) is 0 Å². The molecule has 7 heteroatoms. The Kier molecular flexibility index (Phi) is 4.43. The van der Waals surface area contributed by atoms with Crippen LogP contribution in [-0.2, 0) is 18.9 Å². The van der Waals surface area contributed by atoms with E-state index in [-0.39, 0.29) is 17.4 Å². The highest BCUT2D eigenvalue weighted by molar-refractivity contribution is 5.21. The topological polar surface area (TPSA) is 80.1 Å². The summed E-state index contributed by atoms with van der Waals surface area (Å²) >= 11 is 0. The number of ether oxygens (including phenoxy) is 4. The van der Waals surface area contributed by atoms with Gasteiger partial charge in [0.1, 0.15) is 18.3 Å². The lowest BCUT2D eigenvalue weighted by Crippen LogP contribution is -2.68. The number of nitro groups is 1. The number of hydrogen-bond donors (Lipinski definition) is 0. The van der Waals surface area contributed by atoms with Crippen LogP contribution in [0.3, 0.4) is 0 Å². The van der Waals surface area contributed by atoms with E-state index in [1.165, 1.54) is 14.2 Å². The molecule has 2 aliphatic rings. The quantitative estimate of drug-likeness (QED) is 0.422. The lowest BCUT2D eigenvalue weighted by Gasteiger charge is -2.45. The fourth-order valence-electron chi connectivity index (χ4n) is 3.44. The zero-order valence-corrected chi connectivity index (χ0v) is 12.0. The Morgan fingerprint density at radius 2 is 2.15 bits per heavy atom. The summed E-state index contributed by atoms with van der Waals surface area (Å²) in [5.41, 5.74) is -0.516. The van der Waals surface area contributed by atoms with Crippen LogP contribution in [0.4, 0.5) is 0 Å². The van der Waals surface area contributed by atoms with Gasteiger partial charge in [0.25, 0.3) is 5.54 Å². The molecule has 0 aromatic rings. The summed E-state index contributed by atoms with van der Waals surface area (Å²) in [5.74, 6) is 0. The first-order chi connectivity index (χ1) is 9.51. The number of rotatable bonds is 5. The van der Waals surface area contributed by atoms with E-state index in [0.29, 0.717) is 13.0 Å². The second-order valence-corrected chi connectivity index (χ2v) is 5.35. The van der Waals surface area contributed by atoms with Gasteiger partial charge in [0.2, 0.25) is 0 Å². The van der Waals surface area contributed by atoms with Gasteiger partial charge in [0.15, 0.2) is 6.10 Å². The van der Waals surface area contributed by atoms with Gasteiger partial charge >= 0.3 is 0 Å². The summed E-state index contributed by atoms with van der Waals surface area (Å²) in [6.45, 7) is 4.19. The molecule has 7 nitrogen and oxygen atoms in total. The molecule has 2 fully saturated rings. The first-order valence-corrected chi connectivity index (χ1v) is 6.52. The van der Waals surface area contributed by atoms with Gasteiger partial charge in [-0.25, -0.2) is 0 Å².